The van der Waals surface area contributed by atoms with Crippen LogP contribution in [0.2, 0.25) is 0 Å². The lowest BCUT2D eigenvalue weighted by atomic mass is 9.96. The number of carbonyl (C=O) groups is 13. The van der Waals surface area contributed by atoms with Crippen LogP contribution in [0.1, 0.15) is 111 Å². The fourth-order valence-corrected chi connectivity index (χ4v) is 7.33. The van der Waals surface area contributed by atoms with E-state index in [0.717, 1.165) is 0 Å². The number of nitrogens with two attached hydrogens (primary N) is 6. The molecule has 0 aliphatic rings. The van der Waals surface area contributed by atoms with Crippen molar-refractivity contribution < 1.29 is 67.4 Å². The highest BCUT2D eigenvalue weighted by Crippen LogP contribution is 2.14. The fraction of sp³-hybridized carbons (Fsp3) is 0.604. The molecule has 1 aromatic carbocycles. The van der Waals surface area contributed by atoms with Crippen LogP contribution >= 0.6 is 0 Å². The molecule has 10 atom stereocenters. The number of carboxylic acid groups (broad SMARTS) is 1. The average molecular weight is 1080 g/mol. The topological polar surface area (TPSA) is 494 Å². The van der Waals surface area contributed by atoms with E-state index in [9.17, 15) is 67.4 Å². The van der Waals surface area contributed by atoms with Gasteiger partial charge in [0.05, 0.1) is 18.9 Å². The summed E-state index contributed by atoms with van der Waals surface area (Å²) >= 11 is 0. The van der Waals surface area contributed by atoms with Crippen LogP contribution < -0.4 is 76.9 Å². The van der Waals surface area contributed by atoms with E-state index in [1.54, 1.807) is 58.0 Å². The maximum Gasteiger partial charge on any atom is 0.326 e. The number of hydrogen-bond acceptors (Lipinski definition) is 15. The third kappa shape index (κ3) is 25.5. The Kier molecular flexibility index (Phi) is 29.6. The highest BCUT2D eigenvalue weighted by molar-refractivity contribution is 5.99. The van der Waals surface area contributed by atoms with Crippen molar-refractivity contribution in [2.24, 2.45) is 46.2 Å². The van der Waals surface area contributed by atoms with E-state index in [1.165, 1.54) is 6.92 Å². The van der Waals surface area contributed by atoms with E-state index in [4.69, 9.17) is 34.4 Å². The van der Waals surface area contributed by atoms with Crippen LogP contribution in [0.4, 0.5) is 0 Å². The number of carboxylic acids is 1. The van der Waals surface area contributed by atoms with Crippen molar-refractivity contribution in [3.05, 3.63) is 35.9 Å². The minimum atomic E-state index is -1.77. The number of aliphatic carboxylic acids is 1. The molecule has 0 radical (unpaired) electrons. The number of unbranched alkanes of at least 4 members (excludes halogenated alkanes) is 1. The maximum atomic E-state index is 14.1. The molecule has 0 aromatic heterocycles. The zero-order valence-corrected chi connectivity index (χ0v) is 43.6. The zero-order valence-electron chi connectivity index (χ0n) is 43.6. The van der Waals surface area contributed by atoms with Crippen molar-refractivity contribution in [1.82, 2.24) is 42.5 Å². The van der Waals surface area contributed by atoms with Gasteiger partial charge in [0.1, 0.15) is 48.3 Å². The van der Waals surface area contributed by atoms with Crippen molar-refractivity contribution in [1.29, 1.82) is 0 Å². The molecule has 1 aromatic rings. The van der Waals surface area contributed by atoms with Gasteiger partial charge in [-0.3, -0.25) is 57.5 Å². The highest BCUT2D eigenvalue weighted by Gasteiger charge is 2.36. The summed E-state index contributed by atoms with van der Waals surface area (Å²) in [6.07, 6.45) is -2.02. The van der Waals surface area contributed by atoms with Gasteiger partial charge in [0.25, 0.3) is 0 Å². The molecule has 0 saturated carbocycles. The highest BCUT2D eigenvalue weighted by atomic mass is 16.4. The molecule has 0 fully saturated rings. The molecule has 76 heavy (non-hydrogen) atoms. The van der Waals surface area contributed by atoms with Crippen LogP contribution in [0.15, 0.2) is 30.3 Å². The van der Waals surface area contributed by atoms with E-state index in [0.29, 0.717) is 24.8 Å². The molecular formula is C48H78N14O14. The second-order valence-corrected chi connectivity index (χ2v) is 18.9. The van der Waals surface area contributed by atoms with E-state index < -0.39 is 163 Å². The van der Waals surface area contributed by atoms with Crippen LogP contribution in [0.5, 0.6) is 0 Å². The van der Waals surface area contributed by atoms with Crippen LogP contribution in [-0.4, -0.2) is 143 Å². The molecule has 0 heterocycles. The van der Waals surface area contributed by atoms with Gasteiger partial charge < -0.3 is 82.0 Å². The molecule has 12 amide bonds. The van der Waals surface area contributed by atoms with E-state index in [-0.39, 0.29) is 44.6 Å². The third-order valence-electron chi connectivity index (χ3n) is 11.8. The number of amides is 12. The molecule has 21 N–H and O–H groups in total. The van der Waals surface area contributed by atoms with Gasteiger partial charge in [-0.2, -0.15) is 0 Å². The first kappa shape index (κ1) is 66.3. The van der Waals surface area contributed by atoms with Crippen molar-refractivity contribution in [2.75, 3.05) is 6.54 Å². The summed E-state index contributed by atoms with van der Waals surface area (Å²) in [6.45, 7) is 8.31. The number of nitrogens with one attached hydrogen (secondary N) is 8. The zero-order chi connectivity index (χ0) is 57.8. The number of hydrogen-bond donors (Lipinski definition) is 15. The second-order valence-electron chi connectivity index (χ2n) is 18.9. The summed E-state index contributed by atoms with van der Waals surface area (Å²) in [4.78, 5) is 168. The Balaban J connectivity index is 3.36. The molecule has 1 rings (SSSR count). The predicted octanol–water partition coefficient (Wildman–Crippen LogP) is -4.96. The standard InChI is InChI=1S/C48H78N14O14/c1-6-25(4)39(62-46(73)32(20-24(2)3)60-42(69)29(14-10-11-19-49)57-43(70)30(15-17-35(51)63)56-41(68)28(50)22-37(53)65)47(74)55-26(5)40(67)59-33(23-38(54)66)45(72)58-31(16-18-36(52)64)44(71)61-34(48(75)76)21-27-12-8-7-9-13-27/h7-9,12-13,24-26,28-34,39H,6,10-11,14-23,49-50H2,1-5H3,(H2,51,63)(H2,52,64)(H2,53,65)(H2,54,66)(H,55,74)(H,56,68)(H,57,70)(H,58,72)(H,59,67)(H,60,69)(H,61,71)(H,62,73)(H,75,76)/t25-,26-,28-,29-,30-,31-,32-,33-,34-,39-/m0/s1. The number of primary amides is 4. The molecule has 28 nitrogen and oxygen atoms in total. The van der Waals surface area contributed by atoms with Crippen LogP contribution in [0, 0.1) is 11.8 Å². The lowest BCUT2D eigenvalue weighted by molar-refractivity contribution is -0.142. The first-order valence-corrected chi connectivity index (χ1v) is 24.9. The SMILES string of the molecule is CC[C@H](C)[C@H](NC(=O)[C@H](CC(C)C)NC(=O)[C@H](CCCCN)NC(=O)[C@H](CCC(N)=O)NC(=O)[C@@H](N)CC(N)=O)C(=O)N[C@@H](C)C(=O)N[C@@H](CC(N)=O)C(=O)N[C@@H](CCC(N)=O)C(=O)N[C@@H](Cc1ccccc1)C(=O)O. The minimum Gasteiger partial charge on any atom is -0.480 e. The van der Waals surface area contributed by atoms with Crippen LogP contribution in [-0.2, 0) is 68.7 Å². The summed E-state index contributed by atoms with van der Waals surface area (Å²) in [5, 5.41) is 29.4. The summed E-state index contributed by atoms with van der Waals surface area (Å²) in [6, 6.07) is -4.93. The Morgan fingerprint density at radius 1 is 0.500 bits per heavy atom. The van der Waals surface area contributed by atoms with Crippen molar-refractivity contribution >= 4 is 76.9 Å². The minimum absolute atomic E-state index is 0.00408. The first-order chi connectivity index (χ1) is 35.6. The first-order valence-electron chi connectivity index (χ1n) is 24.9. The molecular weight excluding hydrogens is 997 g/mol. The van der Waals surface area contributed by atoms with Gasteiger partial charge in [-0.1, -0.05) is 64.4 Å². The molecule has 0 spiro atoms. The average Bonchev–Trinajstić information content (AvgIpc) is 3.33. The second kappa shape index (κ2) is 33.9. The van der Waals surface area contributed by atoms with E-state index in [2.05, 4.69) is 42.5 Å². The Labute approximate surface area is 440 Å². The Morgan fingerprint density at radius 2 is 0.947 bits per heavy atom. The molecule has 28 heteroatoms. The molecule has 424 valence electrons. The van der Waals surface area contributed by atoms with Gasteiger partial charge in [-0.25, -0.2) is 4.79 Å². The van der Waals surface area contributed by atoms with Crippen molar-refractivity contribution in [3.8, 4) is 0 Å². The molecule has 0 aliphatic carbocycles. The molecule has 0 aliphatic heterocycles. The molecule has 0 bridgehead atoms. The summed E-state index contributed by atoms with van der Waals surface area (Å²) < 4.78 is 0. The lowest BCUT2D eigenvalue weighted by Crippen LogP contribution is -2.61. The monoisotopic (exact) mass is 1070 g/mol. The quantitative estimate of drug-likeness (QED) is 0.0278. The predicted molar refractivity (Wildman–Crippen MR) is 273 cm³/mol. The van der Waals surface area contributed by atoms with Crippen LogP contribution in [0.25, 0.3) is 0 Å². The van der Waals surface area contributed by atoms with Crippen molar-refractivity contribution in [3.63, 3.8) is 0 Å². The summed E-state index contributed by atoms with van der Waals surface area (Å²) in [5.41, 5.74) is 33.1. The summed E-state index contributed by atoms with van der Waals surface area (Å²) in [7, 11) is 0. The number of carbonyl (C=O) groups excluding carboxylic acids is 12. The molecule has 0 unspecified atom stereocenters. The fourth-order valence-electron chi connectivity index (χ4n) is 7.33. The third-order valence-corrected chi connectivity index (χ3v) is 11.8. The van der Waals surface area contributed by atoms with Gasteiger partial charge in [0.2, 0.25) is 70.9 Å². The number of benzene rings is 1. The van der Waals surface area contributed by atoms with Gasteiger partial charge >= 0.3 is 5.97 Å². The Hall–Kier alpha value is -7.75. The normalized spacial score (nSPS) is 14.9. The van der Waals surface area contributed by atoms with Gasteiger partial charge in [0.15, 0.2) is 0 Å². The van der Waals surface area contributed by atoms with Gasteiger partial charge in [-0.05, 0) is 69.4 Å². The Bertz CT molecular complexity index is 2200. The largest absolute Gasteiger partial charge is 0.480 e. The van der Waals surface area contributed by atoms with E-state index in [1.807, 2.05) is 0 Å². The summed E-state index contributed by atoms with van der Waals surface area (Å²) in [5.74, 6) is -13.5. The van der Waals surface area contributed by atoms with Crippen LogP contribution in [0.3, 0.4) is 0 Å². The van der Waals surface area contributed by atoms with Crippen molar-refractivity contribution in [2.45, 2.75) is 166 Å². The smallest absolute Gasteiger partial charge is 0.326 e. The lowest BCUT2D eigenvalue weighted by Gasteiger charge is -2.29. The Morgan fingerprint density at radius 3 is 1.41 bits per heavy atom. The maximum absolute atomic E-state index is 14.1. The molecule has 0 saturated heterocycles. The van der Waals surface area contributed by atoms with E-state index >= 15 is 0 Å². The number of rotatable bonds is 37. The van der Waals surface area contributed by atoms with Gasteiger partial charge in [-0.15, -0.1) is 0 Å². The van der Waals surface area contributed by atoms with Gasteiger partial charge in [0, 0.05) is 19.3 Å².